The highest BCUT2D eigenvalue weighted by atomic mass is 16.5. The summed E-state index contributed by atoms with van der Waals surface area (Å²) in [7, 11) is 0. The van der Waals surface area contributed by atoms with Gasteiger partial charge in [0.05, 0.1) is 12.3 Å². The second-order valence-electron chi connectivity index (χ2n) is 6.66. The topological polar surface area (TPSA) is 47.6 Å². The van der Waals surface area contributed by atoms with Gasteiger partial charge in [0, 0.05) is 5.56 Å². The summed E-state index contributed by atoms with van der Waals surface area (Å²) in [6.07, 6.45) is 0.559. The van der Waals surface area contributed by atoms with Gasteiger partial charge in [-0.1, -0.05) is 45.0 Å². The largest absolute Gasteiger partial charge is 0.489 e. The summed E-state index contributed by atoms with van der Waals surface area (Å²) >= 11 is 0. The standard InChI is InChI=1S/C22H29NO3/c1-6-17-8-11-21(16(5)12-17)26-14-19-10-9-18(15(3)4)13-20(19)23-22(24)25-7-2/h8-13,15H,6-7,14H2,1-5H3,(H,23,24). The van der Waals surface area contributed by atoms with Crippen LogP contribution in [0.25, 0.3) is 0 Å². The van der Waals surface area contributed by atoms with E-state index >= 15 is 0 Å². The van der Waals surface area contributed by atoms with Crippen molar-refractivity contribution in [3.05, 3.63) is 58.7 Å². The van der Waals surface area contributed by atoms with E-state index in [-0.39, 0.29) is 0 Å². The predicted octanol–water partition coefficient (Wildman–Crippen LogP) is 5.83. The summed E-state index contributed by atoms with van der Waals surface area (Å²) < 4.78 is 11.0. The van der Waals surface area contributed by atoms with E-state index in [1.54, 1.807) is 6.92 Å². The quantitative estimate of drug-likeness (QED) is 0.680. The molecule has 0 atom stereocenters. The maximum atomic E-state index is 11.9. The monoisotopic (exact) mass is 355 g/mol. The minimum atomic E-state index is -0.446. The molecule has 140 valence electrons. The molecular formula is C22H29NO3. The smallest absolute Gasteiger partial charge is 0.411 e. The Bertz CT molecular complexity index is 753. The number of anilines is 1. The number of benzene rings is 2. The highest BCUT2D eigenvalue weighted by Gasteiger charge is 2.11. The minimum absolute atomic E-state index is 0.338. The number of carbonyl (C=O) groups is 1. The van der Waals surface area contributed by atoms with E-state index < -0.39 is 6.09 Å². The van der Waals surface area contributed by atoms with Crippen LogP contribution in [0.15, 0.2) is 36.4 Å². The maximum Gasteiger partial charge on any atom is 0.411 e. The molecule has 2 aromatic rings. The highest BCUT2D eigenvalue weighted by Crippen LogP contribution is 2.26. The molecule has 0 aromatic heterocycles. The first-order valence-corrected chi connectivity index (χ1v) is 9.23. The molecule has 0 radical (unpaired) electrons. The first-order valence-electron chi connectivity index (χ1n) is 9.23. The average molecular weight is 355 g/mol. The zero-order valence-electron chi connectivity index (χ0n) is 16.4. The van der Waals surface area contributed by atoms with Gasteiger partial charge in [-0.2, -0.15) is 0 Å². The van der Waals surface area contributed by atoms with Crippen LogP contribution >= 0.6 is 0 Å². The van der Waals surface area contributed by atoms with Crippen LogP contribution in [0.5, 0.6) is 5.75 Å². The van der Waals surface area contributed by atoms with Gasteiger partial charge in [0.15, 0.2) is 0 Å². The first kappa shape index (κ1) is 19.8. The Morgan fingerprint density at radius 3 is 2.50 bits per heavy atom. The van der Waals surface area contributed by atoms with Crippen LogP contribution < -0.4 is 10.1 Å². The Morgan fingerprint density at radius 2 is 1.88 bits per heavy atom. The number of carbonyl (C=O) groups excluding carboxylic acids is 1. The van der Waals surface area contributed by atoms with Gasteiger partial charge in [-0.25, -0.2) is 4.79 Å². The zero-order valence-corrected chi connectivity index (χ0v) is 16.4. The van der Waals surface area contributed by atoms with E-state index in [1.165, 1.54) is 5.56 Å². The molecule has 0 saturated carbocycles. The predicted molar refractivity (Wildman–Crippen MR) is 106 cm³/mol. The van der Waals surface area contributed by atoms with Crippen LogP contribution in [0.4, 0.5) is 10.5 Å². The van der Waals surface area contributed by atoms with Crippen molar-refractivity contribution in [2.75, 3.05) is 11.9 Å². The van der Waals surface area contributed by atoms with Crippen LogP contribution in [-0.2, 0) is 17.8 Å². The summed E-state index contributed by atoms with van der Waals surface area (Å²) in [5, 5.41) is 2.83. The fraction of sp³-hybridized carbons (Fsp3) is 0.409. The molecule has 0 saturated heterocycles. The molecule has 2 rings (SSSR count). The minimum Gasteiger partial charge on any atom is -0.489 e. The molecular weight excluding hydrogens is 326 g/mol. The van der Waals surface area contributed by atoms with Gasteiger partial charge >= 0.3 is 6.09 Å². The van der Waals surface area contributed by atoms with Gasteiger partial charge in [0.2, 0.25) is 0 Å². The molecule has 2 aromatic carbocycles. The van der Waals surface area contributed by atoms with Crippen molar-refractivity contribution in [2.24, 2.45) is 0 Å². The molecule has 1 N–H and O–H groups in total. The summed E-state index contributed by atoms with van der Waals surface area (Å²) in [6, 6.07) is 12.3. The SMILES string of the molecule is CCOC(=O)Nc1cc(C(C)C)ccc1COc1ccc(CC)cc1C. The van der Waals surface area contributed by atoms with E-state index in [1.807, 2.05) is 25.1 Å². The van der Waals surface area contributed by atoms with E-state index in [2.05, 4.69) is 44.3 Å². The number of amides is 1. The van der Waals surface area contributed by atoms with Gasteiger partial charge in [-0.3, -0.25) is 5.32 Å². The van der Waals surface area contributed by atoms with Crippen LogP contribution in [0.3, 0.4) is 0 Å². The third-order valence-corrected chi connectivity index (χ3v) is 4.34. The average Bonchev–Trinajstić information content (AvgIpc) is 2.61. The Kier molecular flexibility index (Phi) is 7.07. The van der Waals surface area contributed by atoms with E-state index in [9.17, 15) is 4.79 Å². The van der Waals surface area contributed by atoms with Crippen molar-refractivity contribution in [1.82, 2.24) is 0 Å². The lowest BCUT2D eigenvalue weighted by Crippen LogP contribution is -2.15. The zero-order chi connectivity index (χ0) is 19.1. The number of hydrogen-bond acceptors (Lipinski definition) is 3. The van der Waals surface area contributed by atoms with Gasteiger partial charge < -0.3 is 9.47 Å². The second kappa shape index (κ2) is 9.27. The van der Waals surface area contributed by atoms with Crippen molar-refractivity contribution in [3.8, 4) is 5.75 Å². The Hall–Kier alpha value is -2.49. The number of nitrogens with one attached hydrogen (secondary N) is 1. The normalized spacial score (nSPS) is 10.7. The molecule has 0 aliphatic heterocycles. The molecule has 0 bridgehead atoms. The Morgan fingerprint density at radius 1 is 1.12 bits per heavy atom. The van der Waals surface area contributed by atoms with Crippen LogP contribution in [0, 0.1) is 6.92 Å². The molecule has 0 fully saturated rings. The molecule has 0 heterocycles. The van der Waals surface area contributed by atoms with Crippen molar-refractivity contribution in [3.63, 3.8) is 0 Å². The molecule has 0 spiro atoms. The highest BCUT2D eigenvalue weighted by molar-refractivity contribution is 5.85. The molecule has 1 amide bonds. The third-order valence-electron chi connectivity index (χ3n) is 4.34. The van der Waals surface area contributed by atoms with Gasteiger partial charge in [-0.15, -0.1) is 0 Å². The lowest BCUT2D eigenvalue weighted by atomic mass is 10.0. The third kappa shape index (κ3) is 5.25. The Balaban J connectivity index is 2.20. The van der Waals surface area contributed by atoms with Gasteiger partial charge in [0.25, 0.3) is 0 Å². The second-order valence-corrected chi connectivity index (χ2v) is 6.66. The van der Waals surface area contributed by atoms with E-state index in [4.69, 9.17) is 9.47 Å². The van der Waals surface area contributed by atoms with Gasteiger partial charge in [-0.05, 0) is 55.0 Å². The number of hydrogen-bond donors (Lipinski definition) is 1. The van der Waals surface area contributed by atoms with Crippen molar-refractivity contribution in [2.45, 2.75) is 53.6 Å². The number of rotatable bonds is 7. The molecule has 4 nitrogen and oxygen atoms in total. The van der Waals surface area contributed by atoms with Gasteiger partial charge in [0.1, 0.15) is 12.4 Å². The van der Waals surface area contributed by atoms with Crippen molar-refractivity contribution >= 4 is 11.8 Å². The fourth-order valence-electron chi connectivity index (χ4n) is 2.72. The first-order chi connectivity index (χ1) is 12.4. The summed E-state index contributed by atoms with van der Waals surface area (Å²) in [5.41, 5.74) is 5.21. The maximum absolute atomic E-state index is 11.9. The van der Waals surface area contributed by atoms with E-state index in [0.717, 1.165) is 34.5 Å². The summed E-state index contributed by atoms with van der Waals surface area (Å²) in [4.78, 5) is 11.9. The van der Waals surface area contributed by atoms with Crippen LogP contribution in [-0.4, -0.2) is 12.7 Å². The molecule has 0 unspecified atom stereocenters. The molecule has 0 aliphatic carbocycles. The molecule has 26 heavy (non-hydrogen) atoms. The lowest BCUT2D eigenvalue weighted by molar-refractivity contribution is 0.168. The van der Waals surface area contributed by atoms with Crippen molar-refractivity contribution < 1.29 is 14.3 Å². The van der Waals surface area contributed by atoms with Crippen LogP contribution in [0.2, 0.25) is 0 Å². The van der Waals surface area contributed by atoms with Crippen molar-refractivity contribution in [1.29, 1.82) is 0 Å². The Labute approximate surface area is 156 Å². The molecule has 0 aliphatic rings. The number of aryl methyl sites for hydroxylation is 2. The summed E-state index contributed by atoms with van der Waals surface area (Å²) in [5.74, 6) is 1.23. The fourth-order valence-corrected chi connectivity index (χ4v) is 2.72. The van der Waals surface area contributed by atoms with Crippen LogP contribution in [0.1, 0.15) is 55.9 Å². The lowest BCUT2D eigenvalue weighted by Gasteiger charge is -2.16. The van der Waals surface area contributed by atoms with E-state index in [0.29, 0.717) is 19.1 Å². The molecule has 4 heteroatoms. The number of ether oxygens (including phenoxy) is 2. The summed E-state index contributed by atoms with van der Waals surface area (Å²) in [6.45, 7) is 10.9.